The highest BCUT2D eigenvalue weighted by Gasteiger charge is 2.32. The molecule has 1 aromatic carbocycles. The molecule has 0 spiro atoms. The van der Waals surface area contributed by atoms with Crippen LogP contribution in [-0.4, -0.2) is 103 Å². The largest absolute Gasteiger partial charge is 0.501 e. The van der Waals surface area contributed by atoms with E-state index in [0.29, 0.717) is 34.1 Å². The van der Waals surface area contributed by atoms with Crippen LogP contribution >= 0.6 is 0 Å². The van der Waals surface area contributed by atoms with E-state index in [0.717, 1.165) is 5.41 Å². The van der Waals surface area contributed by atoms with E-state index in [1.807, 2.05) is 0 Å². The molecular formula is C32H41N3O13S. The van der Waals surface area contributed by atoms with Crippen molar-refractivity contribution in [2.24, 2.45) is 0 Å². The van der Waals surface area contributed by atoms with Crippen molar-refractivity contribution in [1.29, 1.82) is 0 Å². The van der Waals surface area contributed by atoms with Crippen molar-refractivity contribution in [2.75, 3.05) is 48.6 Å². The first-order valence-corrected chi connectivity index (χ1v) is 16.9. The Labute approximate surface area is 284 Å². The number of amides is 4. The maximum Gasteiger partial charge on any atom is 0.415 e. The predicted molar refractivity (Wildman–Crippen MR) is 172 cm³/mol. The normalized spacial score (nSPS) is 16.4. The van der Waals surface area contributed by atoms with Crippen LogP contribution in [0.3, 0.4) is 0 Å². The highest BCUT2D eigenvalue weighted by molar-refractivity contribution is 7.93. The second-order valence-corrected chi connectivity index (χ2v) is 12.8. The monoisotopic (exact) mass is 707 g/mol. The molecule has 0 aromatic heterocycles. The van der Waals surface area contributed by atoms with Crippen LogP contribution in [0.25, 0.3) is 0 Å². The van der Waals surface area contributed by atoms with Crippen molar-refractivity contribution in [3.8, 4) is 11.5 Å². The van der Waals surface area contributed by atoms with Gasteiger partial charge in [0.1, 0.15) is 11.5 Å². The van der Waals surface area contributed by atoms with Gasteiger partial charge in [0, 0.05) is 76.4 Å². The van der Waals surface area contributed by atoms with E-state index in [9.17, 15) is 32.4 Å². The molecule has 1 aliphatic heterocycles. The summed E-state index contributed by atoms with van der Waals surface area (Å²) in [6, 6.07) is 4.42. The van der Waals surface area contributed by atoms with E-state index in [1.165, 1.54) is 64.7 Å². The minimum atomic E-state index is -3.80. The van der Waals surface area contributed by atoms with Crippen molar-refractivity contribution >= 4 is 39.6 Å². The topological polar surface area (TPSA) is 193 Å². The van der Waals surface area contributed by atoms with Gasteiger partial charge in [-0.2, -0.15) is 0 Å². The summed E-state index contributed by atoms with van der Waals surface area (Å²) < 4.78 is 53.1. The van der Waals surface area contributed by atoms with Gasteiger partial charge in [-0.15, -0.1) is 5.06 Å². The molecule has 3 rings (SSSR count). The Morgan fingerprint density at radius 3 is 2.35 bits per heavy atom. The zero-order valence-corrected chi connectivity index (χ0v) is 28.8. The fraction of sp³-hybridized carbons (Fsp3) is 0.469. The van der Waals surface area contributed by atoms with Crippen molar-refractivity contribution < 1.29 is 60.9 Å². The molecule has 1 aliphatic carbocycles. The SMILES string of the molecule is COC1=CC(OC)=C(/C=C/S(=O)(=O)Cc2ccc(OC)c(OC(=O)N(C)CCNC(=O)CCCC(=O)ON3C(=O)CCC3=O)c2)C(OC)C1. The zero-order valence-electron chi connectivity index (χ0n) is 28.0. The van der Waals surface area contributed by atoms with Crippen LogP contribution in [0.1, 0.15) is 44.1 Å². The minimum Gasteiger partial charge on any atom is -0.501 e. The molecule has 1 N–H and O–H groups in total. The van der Waals surface area contributed by atoms with Gasteiger partial charge < -0.3 is 38.7 Å². The number of nitrogens with one attached hydrogen (secondary N) is 1. The first-order chi connectivity index (χ1) is 23.3. The number of ether oxygens (including phenoxy) is 5. The quantitative estimate of drug-likeness (QED) is 0.232. The molecule has 1 unspecified atom stereocenters. The summed E-state index contributed by atoms with van der Waals surface area (Å²) in [5, 5.41) is 4.14. The molecule has 4 amide bonds. The molecule has 17 heteroatoms. The van der Waals surface area contributed by atoms with Gasteiger partial charge in [0.05, 0.1) is 33.2 Å². The number of imide groups is 1. The Hall–Kier alpha value is -4.90. The van der Waals surface area contributed by atoms with Crippen LogP contribution < -0.4 is 14.8 Å². The number of sulfone groups is 1. The van der Waals surface area contributed by atoms with Crippen LogP contribution in [0.5, 0.6) is 11.5 Å². The Morgan fingerprint density at radius 2 is 1.71 bits per heavy atom. The molecule has 16 nitrogen and oxygen atoms in total. The van der Waals surface area contributed by atoms with Gasteiger partial charge in [-0.1, -0.05) is 6.07 Å². The standard InChI is InChI=1S/C32H41N3O13S/c1-34(15-14-33-28(36)7-6-8-31(39)48-35-29(37)11-12-30(35)38)32(40)47-27-17-21(9-10-24(27)44-3)20-49(41,42)16-13-23-25(45-4)18-22(43-2)19-26(23)46-5/h9-10,13,16-18,26H,6-8,11-12,14-15,19-20H2,1-5H3,(H,33,36)/b16-13+. The smallest absolute Gasteiger partial charge is 0.415 e. The van der Waals surface area contributed by atoms with Crippen molar-refractivity contribution in [2.45, 2.75) is 50.4 Å². The van der Waals surface area contributed by atoms with Crippen LogP contribution in [0.2, 0.25) is 0 Å². The molecule has 1 atom stereocenters. The number of nitrogens with zero attached hydrogens (tertiary/aromatic N) is 2. The highest BCUT2D eigenvalue weighted by atomic mass is 32.2. The molecule has 1 aromatic rings. The van der Waals surface area contributed by atoms with Gasteiger partial charge in [-0.05, 0) is 30.2 Å². The fourth-order valence-corrected chi connectivity index (χ4v) is 5.81. The lowest BCUT2D eigenvalue weighted by molar-refractivity contribution is -0.197. The molecule has 2 aliphatic rings. The number of hydrogen-bond acceptors (Lipinski definition) is 13. The third-order valence-corrected chi connectivity index (χ3v) is 8.68. The summed E-state index contributed by atoms with van der Waals surface area (Å²) in [5.74, 6) is -1.53. The highest BCUT2D eigenvalue weighted by Crippen LogP contribution is 2.31. The van der Waals surface area contributed by atoms with Crippen molar-refractivity contribution in [1.82, 2.24) is 15.3 Å². The van der Waals surface area contributed by atoms with Crippen LogP contribution in [0, 0.1) is 0 Å². The Kier molecular flexibility index (Phi) is 14.2. The summed E-state index contributed by atoms with van der Waals surface area (Å²) >= 11 is 0. The molecule has 1 fully saturated rings. The summed E-state index contributed by atoms with van der Waals surface area (Å²) in [6.45, 7) is 0.136. The second kappa shape index (κ2) is 18.0. The van der Waals surface area contributed by atoms with Gasteiger partial charge in [0.2, 0.25) is 5.91 Å². The average Bonchev–Trinajstić information content (AvgIpc) is 3.38. The van der Waals surface area contributed by atoms with E-state index >= 15 is 0 Å². The average molecular weight is 708 g/mol. The number of likely N-dealkylation sites (N-methyl/N-ethyl adjacent to an activating group) is 1. The summed E-state index contributed by atoms with van der Waals surface area (Å²) in [4.78, 5) is 65.8. The number of benzene rings is 1. The lowest BCUT2D eigenvalue weighted by Gasteiger charge is -2.24. The number of rotatable bonds is 17. The lowest BCUT2D eigenvalue weighted by atomic mass is 9.98. The molecule has 0 bridgehead atoms. The molecule has 1 saturated heterocycles. The second-order valence-electron chi connectivity index (χ2n) is 10.9. The number of hydrogen-bond donors (Lipinski definition) is 1. The molecule has 268 valence electrons. The zero-order chi connectivity index (χ0) is 36.1. The van der Waals surface area contributed by atoms with E-state index in [1.54, 1.807) is 6.08 Å². The number of hydroxylamine groups is 2. The van der Waals surface area contributed by atoms with Gasteiger partial charge in [0.15, 0.2) is 21.3 Å². The van der Waals surface area contributed by atoms with Crippen molar-refractivity contribution in [3.63, 3.8) is 0 Å². The summed E-state index contributed by atoms with van der Waals surface area (Å²) in [7, 11) is 3.51. The van der Waals surface area contributed by atoms with E-state index in [4.69, 9.17) is 28.5 Å². The van der Waals surface area contributed by atoms with Crippen molar-refractivity contribution in [3.05, 3.63) is 58.4 Å². The number of carbonyl (C=O) groups excluding carboxylic acids is 5. The van der Waals surface area contributed by atoms with Crippen LogP contribution in [-0.2, 0) is 53.8 Å². The molecule has 0 saturated carbocycles. The third kappa shape index (κ3) is 11.3. The summed E-state index contributed by atoms with van der Waals surface area (Å²) in [6.07, 6.45) is 2.13. The van der Waals surface area contributed by atoms with E-state index < -0.39 is 45.6 Å². The van der Waals surface area contributed by atoms with Gasteiger partial charge in [-0.25, -0.2) is 18.0 Å². The first-order valence-electron chi connectivity index (χ1n) is 15.2. The molecule has 0 radical (unpaired) electrons. The minimum absolute atomic E-state index is 0.00220. The third-order valence-electron chi connectivity index (χ3n) is 7.39. The summed E-state index contributed by atoms with van der Waals surface area (Å²) in [5.41, 5.74) is 0.869. The van der Waals surface area contributed by atoms with E-state index in [2.05, 4.69) is 5.32 Å². The fourth-order valence-electron chi connectivity index (χ4n) is 4.72. The van der Waals surface area contributed by atoms with Crippen LogP contribution in [0.4, 0.5) is 4.79 Å². The Bertz CT molecular complexity index is 1600. The lowest BCUT2D eigenvalue weighted by Crippen LogP contribution is -2.37. The number of allylic oxidation sites excluding steroid dienone is 1. The Morgan fingerprint density at radius 1 is 1.00 bits per heavy atom. The number of methoxy groups -OCH3 is 4. The van der Waals surface area contributed by atoms with E-state index in [-0.39, 0.29) is 62.6 Å². The number of carbonyl (C=O) groups is 5. The maximum atomic E-state index is 13.1. The maximum absolute atomic E-state index is 13.1. The van der Waals surface area contributed by atoms with Gasteiger partial charge >= 0.3 is 12.1 Å². The predicted octanol–water partition coefficient (Wildman–Crippen LogP) is 2.30. The molecule has 1 heterocycles. The Balaban J connectivity index is 1.51. The molecular weight excluding hydrogens is 666 g/mol. The van der Waals surface area contributed by atoms with Gasteiger partial charge in [0.25, 0.3) is 11.8 Å². The van der Waals surface area contributed by atoms with Crippen LogP contribution in [0.15, 0.2) is 52.9 Å². The molecule has 49 heavy (non-hydrogen) atoms. The first kappa shape index (κ1) is 38.5. The van der Waals surface area contributed by atoms with Gasteiger partial charge in [-0.3, -0.25) is 14.4 Å².